The van der Waals surface area contributed by atoms with Crippen LogP contribution in [0.25, 0.3) is 0 Å². The predicted molar refractivity (Wildman–Crippen MR) is 86.0 cm³/mol. The van der Waals surface area contributed by atoms with E-state index in [0.717, 1.165) is 23.8 Å². The minimum Gasteiger partial charge on any atom is -0.508 e. The summed E-state index contributed by atoms with van der Waals surface area (Å²) in [5, 5.41) is 11.8. The number of carbonyl (C=O) groups is 2. The molecule has 2 aromatic carbocycles. The first-order valence-corrected chi connectivity index (χ1v) is 7.49. The van der Waals surface area contributed by atoms with Gasteiger partial charge in [-0.25, -0.2) is 8.78 Å². The average Bonchev–Trinajstić information content (AvgIpc) is 2.61. The Morgan fingerprint density at radius 2 is 1.80 bits per heavy atom. The molecule has 0 aliphatic rings. The van der Waals surface area contributed by atoms with Crippen molar-refractivity contribution in [2.75, 3.05) is 13.7 Å². The third kappa shape index (κ3) is 5.00. The highest BCUT2D eigenvalue weighted by atomic mass is 19.2. The highest BCUT2D eigenvalue weighted by Gasteiger charge is 2.21. The van der Waals surface area contributed by atoms with E-state index in [1.54, 1.807) is 12.1 Å². The molecule has 1 atom stereocenters. The van der Waals surface area contributed by atoms with E-state index >= 15 is 0 Å². The number of carbonyl (C=O) groups excluding carboxylic acids is 2. The van der Waals surface area contributed by atoms with E-state index in [0.29, 0.717) is 0 Å². The van der Waals surface area contributed by atoms with Crippen LogP contribution in [0, 0.1) is 17.6 Å². The molecule has 0 aromatic heterocycles. The van der Waals surface area contributed by atoms with Crippen molar-refractivity contribution in [1.29, 1.82) is 0 Å². The van der Waals surface area contributed by atoms with Gasteiger partial charge in [0.05, 0.1) is 13.0 Å². The van der Waals surface area contributed by atoms with Gasteiger partial charge >= 0.3 is 5.97 Å². The van der Waals surface area contributed by atoms with E-state index in [1.165, 1.54) is 19.2 Å². The van der Waals surface area contributed by atoms with Crippen molar-refractivity contribution < 1.29 is 28.2 Å². The lowest BCUT2D eigenvalue weighted by molar-refractivity contribution is -0.145. The van der Waals surface area contributed by atoms with E-state index in [4.69, 9.17) is 4.74 Å². The minimum atomic E-state index is -1.12. The number of aromatic hydroxyl groups is 1. The predicted octanol–water partition coefficient (Wildman–Crippen LogP) is 2.43. The molecule has 25 heavy (non-hydrogen) atoms. The number of ether oxygens (including phenoxy) is 1. The van der Waals surface area contributed by atoms with Crippen LogP contribution in [0.1, 0.15) is 15.9 Å². The van der Waals surface area contributed by atoms with Gasteiger partial charge in [0, 0.05) is 12.1 Å². The van der Waals surface area contributed by atoms with Gasteiger partial charge in [0.2, 0.25) is 0 Å². The van der Waals surface area contributed by atoms with Gasteiger partial charge < -0.3 is 15.2 Å². The van der Waals surface area contributed by atoms with Gasteiger partial charge in [-0.05, 0) is 42.3 Å². The fourth-order valence-corrected chi connectivity index (χ4v) is 2.28. The quantitative estimate of drug-likeness (QED) is 0.786. The van der Waals surface area contributed by atoms with Crippen LogP contribution in [0.3, 0.4) is 0 Å². The number of hydrogen-bond acceptors (Lipinski definition) is 4. The number of rotatable bonds is 6. The van der Waals surface area contributed by atoms with E-state index < -0.39 is 29.4 Å². The molecular formula is C18H17F2NO4. The van der Waals surface area contributed by atoms with Crippen molar-refractivity contribution in [2.24, 2.45) is 5.92 Å². The lowest BCUT2D eigenvalue weighted by atomic mass is 9.99. The summed E-state index contributed by atoms with van der Waals surface area (Å²) in [7, 11) is 1.24. The van der Waals surface area contributed by atoms with Gasteiger partial charge in [0.1, 0.15) is 5.75 Å². The molecule has 2 rings (SSSR count). The summed E-state index contributed by atoms with van der Waals surface area (Å²) in [6.07, 6.45) is 0.283. The Balaban J connectivity index is 2.03. The molecule has 0 unspecified atom stereocenters. The first kappa shape index (κ1) is 18.4. The first-order valence-electron chi connectivity index (χ1n) is 7.49. The maximum atomic E-state index is 13.2. The zero-order valence-electron chi connectivity index (χ0n) is 13.5. The van der Waals surface area contributed by atoms with Gasteiger partial charge in [-0.3, -0.25) is 9.59 Å². The summed E-state index contributed by atoms with van der Waals surface area (Å²) < 4.78 is 30.8. The fraction of sp³-hybridized carbons (Fsp3) is 0.222. The number of phenolic OH excluding ortho intramolecular Hbond substituents is 1. The van der Waals surface area contributed by atoms with Crippen LogP contribution in [0.4, 0.5) is 8.78 Å². The fourth-order valence-electron chi connectivity index (χ4n) is 2.28. The van der Waals surface area contributed by atoms with Crippen LogP contribution in [0.15, 0.2) is 42.5 Å². The zero-order chi connectivity index (χ0) is 18.4. The van der Waals surface area contributed by atoms with Crippen molar-refractivity contribution in [3.05, 3.63) is 65.2 Å². The summed E-state index contributed by atoms with van der Waals surface area (Å²) in [4.78, 5) is 23.9. The molecular weight excluding hydrogens is 332 g/mol. The molecule has 0 spiro atoms. The highest BCUT2D eigenvalue weighted by molar-refractivity contribution is 5.94. The topological polar surface area (TPSA) is 75.6 Å². The van der Waals surface area contributed by atoms with Crippen molar-refractivity contribution in [1.82, 2.24) is 5.32 Å². The van der Waals surface area contributed by atoms with Crippen LogP contribution in [-0.4, -0.2) is 30.6 Å². The summed E-state index contributed by atoms with van der Waals surface area (Å²) in [5.74, 6) is -3.87. The van der Waals surface area contributed by atoms with Crippen LogP contribution >= 0.6 is 0 Å². The van der Waals surface area contributed by atoms with E-state index in [-0.39, 0.29) is 24.3 Å². The Labute approximate surface area is 143 Å². The number of methoxy groups -OCH3 is 1. The second kappa shape index (κ2) is 8.23. The number of halogens is 2. The summed E-state index contributed by atoms with van der Waals surface area (Å²) in [6.45, 7) is -0.0363. The molecule has 2 aromatic rings. The maximum Gasteiger partial charge on any atom is 0.310 e. The molecule has 132 valence electrons. The number of nitrogens with one attached hydrogen (secondary N) is 1. The lowest BCUT2D eigenvalue weighted by Crippen LogP contribution is -2.34. The van der Waals surface area contributed by atoms with Crippen LogP contribution in [-0.2, 0) is 16.0 Å². The SMILES string of the molecule is COC(=O)[C@@H](CNC(=O)c1ccc(F)c(F)c1)Cc1ccc(O)cc1. The van der Waals surface area contributed by atoms with Crippen molar-refractivity contribution in [3.8, 4) is 5.75 Å². The Hall–Kier alpha value is -2.96. The molecule has 0 aliphatic heterocycles. The third-order valence-corrected chi connectivity index (χ3v) is 3.64. The monoisotopic (exact) mass is 349 g/mol. The second-order valence-corrected chi connectivity index (χ2v) is 5.43. The van der Waals surface area contributed by atoms with Crippen molar-refractivity contribution in [2.45, 2.75) is 6.42 Å². The van der Waals surface area contributed by atoms with Gasteiger partial charge in [-0.15, -0.1) is 0 Å². The van der Waals surface area contributed by atoms with E-state index in [2.05, 4.69) is 5.32 Å². The molecule has 0 fully saturated rings. The largest absolute Gasteiger partial charge is 0.508 e. The number of benzene rings is 2. The molecule has 0 heterocycles. The van der Waals surface area contributed by atoms with Gasteiger partial charge in [0.15, 0.2) is 11.6 Å². The number of hydrogen-bond donors (Lipinski definition) is 2. The van der Waals surface area contributed by atoms with Crippen LogP contribution in [0.5, 0.6) is 5.75 Å². The molecule has 0 radical (unpaired) electrons. The Morgan fingerprint density at radius 3 is 2.40 bits per heavy atom. The Morgan fingerprint density at radius 1 is 1.12 bits per heavy atom. The maximum absolute atomic E-state index is 13.2. The molecule has 0 saturated heterocycles. The molecule has 5 nitrogen and oxygen atoms in total. The molecule has 2 N–H and O–H groups in total. The molecule has 0 bridgehead atoms. The average molecular weight is 349 g/mol. The number of phenols is 1. The van der Waals surface area contributed by atoms with E-state index in [9.17, 15) is 23.5 Å². The van der Waals surface area contributed by atoms with Gasteiger partial charge in [-0.2, -0.15) is 0 Å². The molecule has 1 amide bonds. The van der Waals surface area contributed by atoms with Crippen molar-refractivity contribution >= 4 is 11.9 Å². The normalized spacial score (nSPS) is 11.6. The minimum absolute atomic E-state index is 0.0363. The first-order chi connectivity index (χ1) is 11.9. The number of amides is 1. The Bertz CT molecular complexity index is 762. The van der Waals surface area contributed by atoms with Crippen molar-refractivity contribution in [3.63, 3.8) is 0 Å². The van der Waals surface area contributed by atoms with Gasteiger partial charge in [-0.1, -0.05) is 12.1 Å². The van der Waals surface area contributed by atoms with E-state index in [1.807, 2.05) is 0 Å². The molecule has 0 aliphatic carbocycles. The summed E-state index contributed by atoms with van der Waals surface area (Å²) >= 11 is 0. The van der Waals surface area contributed by atoms with Gasteiger partial charge in [0.25, 0.3) is 5.91 Å². The summed E-state index contributed by atoms with van der Waals surface area (Å²) in [6, 6.07) is 9.09. The van der Waals surface area contributed by atoms with Crippen LogP contribution in [0.2, 0.25) is 0 Å². The lowest BCUT2D eigenvalue weighted by Gasteiger charge is -2.16. The summed E-state index contributed by atoms with van der Waals surface area (Å²) in [5.41, 5.74) is 0.724. The zero-order valence-corrected chi connectivity index (χ0v) is 13.5. The Kier molecular flexibility index (Phi) is 6.05. The van der Waals surface area contributed by atoms with Crippen LogP contribution < -0.4 is 5.32 Å². The number of esters is 1. The second-order valence-electron chi connectivity index (χ2n) is 5.43. The molecule has 0 saturated carbocycles. The molecule has 7 heteroatoms. The third-order valence-electron chi connectivity index (χ3n) is 3.64. The standard InChI is InChI=1S/C18H17F2NO4/c1-25-18(24)13(8-11-2-5-14(22)6-3-11)10-21-17(23)12-4-7-15(19)16(20)9-12/h2-7,9,13,22H,8,10H2,1H3,(H,21,23)/t13-/m1/s1. The highest BCUT2D eigenvalue weighted by Crippen LogP contribution is 2.15. The smallest absolute Gasteiger partial charge is 0.310 e.